The Morgan fingerprint density at radius 3 is 2.59 bits per heavy atom. The zero-order valence-corrected chi connectivity index (χ0v) is 24.7. The summed E-state index contributed by atoms with van der Waals surface area (Å²) < 4.78 is 29.1. The van der Waals surface area contributed by atoms with Gasteiger partial charge in [0.2, 0.25) is 10.0 Å². The molecule has 1 aromatic carbocycles. The van der Waals surface area contributed by atoms with Crippen LogP contribution in [0.4, 0.5) is 0 Å². The van der Waals surface area contributed by atoms with Crippen LogP contribution in [0.25, 0.3) is 0 Å². The van der Waals surface area contributed by atoms with E-state index < -0.39 is 21.4 Å². The summed E-state index contributed by atoms with van der Waals surface area (Å²) in [5, 5.41) is 9.99. The molecule has 0 amide bonds. The molecule has 0 fully saturated rings. The monoisotopic (exact) mass is 547 g/mol. The molecule has 0 bridgehead atoms. The van der Waals surface area contributed by atoms with E-state index in [-0.39, 0.29) is 23.3 Å². The van der Waals surface area contributed by atoms with E-state index in [9.17, 15) is 18.3 Å². The average Bonchev–Trinajstić information content (AvgIpc) is 2.82. The largest absolute Gasteiger partial charge is 0.481 e. The van der Waals surface area contributed by atoms with Crippen molar-refractivity contribution in [2.75, 3.05) is 6.16 Å². The number of benzene rings is 1. The molecule has 1 aromatic heterocycles. The molecule has 1 heterocycles. The van der Waals surface area contributed by atoms with Crippen molar-refractivity contribution in [1.82, 2.24) is 9.71 Å². The maximum absolute atomic E-state index is 13.2. The van der Waals surface area contributed by atoms with Gasteiger partial charge >= 0.3 is 5.97 Å². The van der Waals surface area contributed by atoms with Crippen LogP contribution in [0, 0.1) is 18.3 Å². The van der Waals surface area contributed by atoms with Crippen LogP contribution < -0.4 is 10.5 Å². The number of aromatic nitrogens is 1. The minimum atomic E-state index is -3.79. The number of nitrogens with zero attached hydrogens (tertiary/aromatic N) is 1. The first-order chi connectivity index (χ1) is 17.3. The Morgan fingerprint density at radius 2 is 1.97 bits per heavy atom. The number of aryl methyl sites for hydroxylation is 1. The Kier molecular flexibility index (Phi) is 11.3. The number of hydrogen-bond donors (Lipinski definition) is 3. The number of aliphatic carboxylic acids is 1. The van der Waals surface area contributed by atoms with E-state index >= 15 is 0 Å². The van der Waals surface area contributed by atoms with Gasteiger partial charge in [0.1, 0.15) is 4.90 Å². The molecule has 0 saturated heterocycles. The lowest BCUT2D eigenvalue weighted by molar-refractivity contribution is -0.148. The van der Waals surface area contributed by atoms with E-state index in [0.717, 1.165) is 28.5 Å². The molecule has 2 aromatic rings. The van der Waals surface area contributed by atoms with E-state index in [1.807, 2.05) is 44.8 Å². The van der Waals surface area contributed by atoms with Crippen molar-refractivity contribution >= 4 is 24.6 Å². The summed E-state index contributed by atoms with van der Waals surface area (Å²) in [4.78, 5) is 16.7. The minimum absolute atomic E-state index is 0.0951. The first kappa shape index (κ1) is 30.9. The summed E-state index contributed by atoms with van der Waals surface area (Å²) >= 11 is 0. The Hall–Kier alpha value is -2.28. The lowest BCUT2D eigenvalue weighted by Gasteiger charge is -2.31. The van der Waals surface area contributed by atoms with Crippen molar-refractivity contribution in [2.24, 2.45) is 17.1 Å². The molecule has 0 aliphatic heterocycles. The van der Waals surface area contributed by atoms with Gasteiger partial charge in [0.15, 0.2) is 0 Å². The standard InChI is InChI=1S/C28H42N3O4PS/c1-7-36-18-23(29)12-13-24(28(5,6)27(32)33)21-11-10-20(4)22(16-21)17-31-37(34,35)26-9-8-14-30-25(26)15-19(2)3/h8-11,14,16,18-19,24,31,36H,7,12-13,15,17,29H2,1-6H3,(H,32,33)/b23-18-. The molecule has 0 aliphatic carbocycles. The molecule has 2 rings (SSSR count). The fourth-order valence-electron chi connectivity index (χ4n) is 4.27. The minimum Gasteiger partial charge on any atom is -0.481 e. The molecule has 4 N–H and O–H groups in total. The van der Waals surface area contributed by atoms with Gasteiger partial charge in [0.25, 0.3) is 0 Å². The third-order valence-corrected chi connectivity index (χ3v) is 9.06. The highest BCUT2D eigenvalue weighted by Gasteiger charge is 2.37. The molecule has 37 heavy (non-hydrogen) atoms. The van der Waals surface area contributed by atoms with Gasteiger partial charge in [-0.3, -0.25) is 9.78 Å². The lowest BCUT2D eigenvalue weighted by atomic mass is 9.72. The molecule has 0 aliphatic rings. The van der Waals surface area contributed by atoms with Gasteiger partial charge in [-0.1, -0.05) is 47.6 Å². The predicted molar refractivity (Wildman–Crippen MR) is 153 cm³/mol. The van der Waals surface area contributed by atoms with E-state index in [2.05, 4.69) is 16.6 Å². The number of pyridine rings is 1. The van der Waals surface area contributed by atoms with Gasteiger partial charge in [-0.15, -0.1) is 0 Å². The number of nitrogens with two attached hydrogens (primary N) is 1. The van der Waals surface area contributed by atoms with Crippen molar-refractivity contribution < 1.29 is 18.3 Å². The molecule has 2 atom stereocenters. The van der Waals surface area contributed by atoms with Crippen LogP contribution in [-0.2, 0) is 27.8 Å². The maximum Gasteiger partial charge on any atom is 0.309 e. The molecule has 0 saturated carbocycles. The first-order valence-electron chi connectivity index (χ1n) is 12.7. The van der Waals surface area contributed by atoms with Crippen LogP contribution in [0.5, 0.6) is 0 Å². The van der Waals surface area contributed by atoms with Crippen LogP contribution in [-0.4, -0.2) is 30.6 Å². The summed E-state index contributed by atoms with van der Waals surface area (Å²) in [6, 6.07) is 9.01. The second-order valence-corrected chi connectivity index (χ2v) is 13.6. The van der Waals surface area contributed by atoms with Gasteiger partial charge in [0, 0.05) is 18.4 Å². The smallest absolute Gasteiger partial charge is 0.309 e. The van der Waals surface area contributed by atoms with Crippen LogP contribution in [0.2, 0.25) is 0 Å². The zero-order chi connectivity index (χ0) is 27.8. The Morgan fingerprint density at radius 1 is 1.27 bits per heavy atom. The van der Waals surface area contributed by atoms with Crippen molar-refractivity contribution in [2.45, 2.75) is 78.2 Å². The summed E-state index contributed by atoms with van der Waals surface area (Å²) in [6.07, 6.45) is 4.38. The van der Waals surface area contributed by atoms with E-state index in [0.29, 0.717) is 33.5 Å². The second-order valence-electron chi connectivity index (χ2n) is 10.5. The van der Waals surface area contributed by atoms with Crippen LogP contribution in [0.3, 0.4) is 0 Å². The Balaban J connectivity index is 2.35. The number of hydrogen-bond acceptors (Lipinski definition) is 5. The fourth-order valence-corrected chi connectivity index (χ4v) is 6.08. The summed E-state index contributed by atoms with van der Waals surface area (Å²) in [5.41, 5.74) is 9.08. The van der Waals surface area contributed by atoms with Gasteiger partial charge < -0.3 is 10.8 Å². The number of sulfonamides is 1. The van der Waals surface area contributed by atoms with Gasteiger partial charge in [-0.25, -0.2) is 13.1 Å². The number of allylic oxidation sites excluding steroid dienone is 1. The van der Waals surface area contributed by atoms with E-state index in [1.165, 1.54) is 0 Å². The van der Waals surface area contributed by atoms with Crippen molar-refractivity contribution in [3.05, 3.63) is 70.4 Å². The van der Waals surface area contributed by atoms with Crippen molar-refractivity contribution in [1.29, 1.82) is 0 Å². The number of carbonyl (C=O) groups is 1. The predicted octanol–water partition coefficient (Wildman–Crippen LogP) is 5.54. The molecular formula is C28H42N3O4PS. The lowest BCUT2D eigenvalue weighted by Crippen LogP contribution is -2.32. The quantitative estimate of drug-likeness (QED) is 0.267. The molecular weight excluding hydrogens is 505 g/mol. The average molecular weight is 548 g/mol. The Labute approximate surface area is 224 Å². The summed E-state index contributed by atoms with van der Waals surface area (Å²) in [6.45, 7) is 11.6. The zero-order valence-electron chi connectivity index (χ0n) is 22.8. The SMILES string of the molecule is CCP/C=C(\N)CCC(c1ccc(C)c(CNS(=O)(=O)c2cccnc2CC(C)C)c1)C(C)(C)C(=O)O. The highest BCUT2D eigenvalue weighted by molar-refractivity contribution is 7.89. The number of carboxylic acid groups (broad SMARTS) is 1. The van der Waals surface area contributed by atoms with Gasteiger partial charge in [-0.05, 0) is 92.7 Å². The third kappa shape index (κ3) is 8.62. The molecule has 9 heteroatoms. The molecule has 7 nitrogen and oxygen atoms in total. The van der Waals surface area contributed by atoms with Crippen molar-refractivity contribution in [3.63, 3.8) is 0 Å². The highest BCUT2D eigenvalue weighted by atomic mass is 32.2. The summed E-state index contributed by atoms with van der Waals surface area (Å²) in [5.74, 6) is 1.12. The topological polar surface area (TPSA) is 122 Å². The maximum atomic E-state index is 13.2. The normalized spacial score (nSPS) is 14.0. The van der Waals surface area contributed by atoms with E-state index in [4.69, 9.17) is 5.73 Å². The van der Waals surface area contributed by atoms with Crippen LogP contribution in [0.15, 0.2) is 52.9 Å². The first-order valence-corrected chi connectivity index (χ1v) is 15.5. The molecule has 0 spiro atoms. The third-order valence-electron chi connectivity index (χ3n) is 6.60. The van der Waals surface area contributed by atoms with Gasteiger partial charge in [0.05, 0.1) is 11.1 Å². The van der Waals surface area contributed by atoms with Crippen LogP contribution >= 0.6 is 8.58 Å². The second kappa shape index (κ2) is 13.5. The van der Waals surface area contributed by atoms with E-state index in [1.54, 1.807) is 32.2 Å². The van der Waals surface area contributed by atoms with Crippen molar-refractivity contribution in [3.8, 4) is 0 Å². The highest BCUT2D eigenvalue weighted by Crippen LogP contribution is 2.40. The fraction of sp³-hybridized carbons (Fsp3) is 0.500. The number of rotatable bonds is 14. The molecule has 204 valence electrons. The summed E-state index contributed by atoms with van der Waals surface area (Å²) in [7, 11) is -3.14. The molecule has 2 unspecified atom stereocenters. The molecule has 0 radical (unpaired) electrons. The van der Waals surface area contributed by atoms with Gasteiger partial charge in [-0.2, -0.15) is 0 Å². The van der Waals surface area contributed by atoms with Crippen LogP contribution in [0.1, 0.15) is 75.8 Å². The number of nitrogens with one attached hydrogen (secondary N) is 1. The Bertz CT molecular complexity index is 1210. The number of carboxylic acids is 1.